The number of methoxy groups -OCH3 is 1. The fourth-order valence-corrected chi connectivity index (χ4v) is 2.98. The summed E-state index contributed by atoms with van der Waals surface area (Å²) in [7, 11) is 3.14. The average Bonchev–Trinajstić information content (AvgIpc) is 2.75. The van der Waals surface area contributed by atoms with E-state index in [-0.39, 0.29) is 11.9 Å². The first-order chi connectivity index (χ1) is 13.6. The molecule has 1 amide bonds. The zero-order valence-corrected chi connectivity index (χ0v) is 16.1. The summed E-state index contributed by atoms with van der Waals surface area (Å²) in [6, 6.07) is 25.3. The maximum absolute atomic E-state index is 12.5. The van der Waals surface area contributed by atoms with Crippen LogP contribution in [-0.2, 0) is 22.5 Å². The molecule has 3 aromatic carbocycles. The fraction of sp³-hybridized carbons (Fsp3) is 0.167. The van der Waals surface area contributed by atoms with Gasteiger partial charge in [-0.05, 0) is 34.4 Å². The molecule has 4 heteroatoms. The van der Waals surface area contributed by atoms with Crippen molar-refractivity contribution in [2.75, 3.05) is 14.2 Å². The summed E-state index contributed by atoms with van der Waals surface area (Å²) in [5.74, 6) is -0.320. The SMILES string of the molecule is COC(=O)c1ccc(CN(C)C(=O)Cc2ccc(-c3ccccc3)cc2)cc1. The van der Waals surface area contributed by atoms with Crippen molar-refractivity contribution < 1.29 is 14.3 Å². The Bertz CT molecular complexity index is 932. The van der Waals surface area contributed by atoms with Gasteiger partial charge in [0.05, 0.1) is 19.1 Å². The van der Waals surface area contributed by atoms with Crippen LogP contribution < -0.4 is 0 Å². The lowest BCUT2D eigenvalue weighted by Gasteiger charge is -2.17. The molecule has 28 heavy (non-hydrogen) atoms. The monoisotopic (exact) mass is 373 g/mol. The van der Waals surface area contributed by atoms with E-state index in [0.717, 1.165) is 22.3 Å². The number of hydrogen-bond donors (Lipinski definition) is 0. The molecule has 0 spiro atoms. The average molecular weight is 373 g/mol. The molecule has 0 atom stereocenters. The molecular weight excluding hydrogens is 350 g/mol. The molecule has 142 valence electrons. The molecule has 0 aliphatic rings. The van der Waals surface area contributed by atoms with Crippen LogP contribution in [0, 0.1) is 0 Å². The van der Waals surface area contributed by atoms with Crippen LogP contribution in [0.3, 0.4) is 0 Å². The number of benzene rings is 3. The van der Waals surface area contributed by atoms with Crippen molar-refractivity contribution in [2.45, 2.75) is 13.0 Å². The van der Waals surface area contributed by atoms with E-state index in [4.69, 9.17) is 4.74 Å². The Hall–Kier alpha value is -3.40. The summed E-state index contributed by atoms with van der Waals surface area (Å²) < 4.78 is 4.69. The normalized spacial score (nSPS) is 10.4. The Morgan fingerprint density at radius 2 is 1.36 bits per heavy atom. The van der Waals surface area contributed by atoms with Crippen molar-refractivity contribution >= 4 is 11.9 Å². The lowest BCUT2D eigenvalue weighted by molar-refractivity contribution is -0.129. The Morgan fingerprint density at radius 3 is 1.96 bits per heavy atom. The van der Waals surface area contributed by atoms with Crippen LogP contribution >= 0.6 is 0 Å². The van der Waals surface area contributed by atoms with Crippen LogP contribution in [0.4, 0.5) is 0 Å². The molecule has 0 aliphatic carbocycles. The molecule has 0 aliphatic heterocycles. The highest BCUT2D eigenvalue weighted by atomic mass is 16.5. The smallest absolute Gasteiger partial charge is 0.337 e. The topological polar surface area (TPSA) is 46.6 Å². The van der Waals surface area contributed by atoms with Gasteiger partial charge in [-0.1, -0.05) is 66.7 Å². The van der Waals surface area contributed by atoms with Gasteiger partial charge in [0.2, 0.25) is 5.91 Å². The van der Waals surface area contributed by atoms with E-state index in [2.05, 4.69) is 12.1 Å². The number of nitrogens with zero attached hydrogens (tertiary/aromatic N) is 1. The van der Waals surface area contributed by atoms with E-state index in [0.29, 0.717) is 18.5 Å². The first kappa shape index (κ1) is 19.4. The predicted molar refractivity (Wildman–Crippen MR) is 110 cm³/mol. The Kier molecular flexibility index (Phi) is 6.22. The Morgan fingerprint density at radius 1 is 0.786 bits per heavy atom. The fourth-order valence-electron chi connectivity index (χ4n) is 2.98. The Labute approximate surface area is 165 Å². The quantitative estimate of drug-likeness (QED) is 0.604. The van der Waals surface area contributed by atoms with Crippen LogP contribution in [0.15, 0.2) is 78.9 Å². The number of carbonyl (C=O) groups is 2. The van der Waals surface area contributed by atoms with E-state index >= 15 is 0 Å². The highest BCUT2D eigenvalue weighted by Gasteiger charge is 2.11. The molecular formula is C24H23NO3. The lowest BCUT2D eigenvalue weighted by Crippen LogP contribution is -2.27. The highest BCUT2D eigenvalue weighted by molar-refractivity contribution is 5.89. The van der Waals surface area contributed by atoms with Gasteiger partial charge in [0, 0.05) is 13.6 Å². The number of esters is 1. The summed E-state index contributed by atoms with van der Waals surface area (Å²) in [4.78, 5) is 25.7. The largest absolute Gasteiger partial charge is 0.465 e. The molecule has 0 saturated carbocycles. The van der Waals surface area contributed by atoms with Crippen molar-refractivity contribution in [2.24, 2.45) is 0 Å². The second-order valence-electron chi connectivity index (χ2n) is 6.68. The number of likely N-dealkylation sites (N-methyl/N-ethyl adjacent to an activating group) is 1. The summed E-state index contributed by atoms with van der Waals surface area (Å²) in [5.41, 5.74) is 4.74. The first-order valence-corrected chi connectivity index (χ1v) is 9.12. The number of amides is 1. The summed E-state index contributed by atoms with van der Waals surface area (Å²) in [5, 5.41) is 0. The zero-order valence-electron chi connectivity index (χ0n) is 16.1. The lowest BCUT2D eigenvalue weighted by atomic mass is 10.0. The van der Waals surface area contributed by atoms with E-state index in [1.165, 1.54) is 7.11 Å². The minimum atomic E-state index is -0.366. The number of ether oxygens (including phenoxy) is 1. The van der Waals surface area contributed by atoms with Gasteiger partial charge in [-0.15, -0.1) is 0 Å². The van der Waals surface area contributed by atoms with Crippen LogP contribution in [-0.4, -0.2) is 30.9 Å². The summed E-state index contributed by atoms with van der Waals surface area (Å²) in [6.45, 7) is 0.488. The maximum atomic E-state index is 12.5. The molecule has 0 fully saturated rings. The zero-order chi connectivity index (χ0) is 19.9. The van der Waals surface area contributed by atoms with Gasteiger partial charge in [0.15, 0.2) is 0 Å². The number of hydrogen-bond acceptors (Lipinski definition) is 3. The molecule has 0 saturated heterocycles. The second kappa shape index (κ2) is 9.00. The molecule has 3 rings (SSSR count). The standard InChI is InChI=1S/C24H23NO3/c1-25(17-19-10-14-22(15-11-19)24(27)28-2)23(26)16-18-8-12-21(13-9-18)20-6-4-3-5-7-20/h3-15H,16-17H2,1-2H3. The van der Waals surface area contributed by atoms with Gasteiger partial charge in [0.25, 0.3) is 0 Å². The second-order valence-corrected chi connectivity index (χ2v) is 6.68. The van der Waals surface area contributed by atoms with E-state index in [1.54, 1.807) is 24.1 Å². The highest BCUT2D eigenvalue weighted by Crippen LogP contribution is 2.19. The molecule has 4 nitrogen and oxygen atoms in total. The first-order valence-electron chi connectivity index (χ1n) is 9.12. The van der Waals surface area contributed by atoms with Crippen molar-refractivity contribution in [3.05, 3.63) is 95.6 Å². The van der Waals surface area contributed by atoms with E-state index in [9.17, 15) is 9.59 Å². The van der Waals surface area contributed by atoms with Crippen molar-refractivity contribution in [1.29, 1.82) is 0 Å². The van der Waals surface area contributed by atoms with Crippen molar-refractivity contribution in [3.8, 4) is 11.1 Å². The van der Waals surface area contributed by atoms with Gasteiger partial charge < -0.3 is 9.64 Å². The third-order valence-electron chi connectivity index (χ3n) is 4.64. The predicted octanol–water partition coefficient (Wildman–Crippen LogP) is 4.34. The molecule has 0 unspecified atom stereocenters. The summed E-state index contributed by atoms with van der Waals surface area (Å²) in [6.07, 6.45) is 0.353. The summed E-state index contributed by atoms with van der Waals surface area (Å²) >= 11 is 0. The van der Waals surface area contributed by atoms with Crippen LogP contribution in [0.25, 0.3) is 11.1 Å². The van der Waals surface area contributed by atoms with Gasteiger partial charge in [0.1, 0.15) is 0 Å². The van der Waals surface area contributed by atoms with Gasteiger partial charge in [-0.3, -0.25) is 4.79 Å². The van der Waals surface area contributed by atoms with Gasteiger partial charge in [-0.25, -0.2) is 4.79 Å². The van der Waals surface area contributed by atoms with Gasteiger partial charge >= 0.3 is 5.97 Å². The van der Waals surface area contributed by atoms with E-state index < -0.39 is 0 Å². The van der Waals surface area contributed by atoms with Crippen molar-refractivity contribution in [1.82, 2.24) is 4.90 Å². The Balaban J connectivity index is 1.59. The van der Waals surface area contributed by atoms with Crippen LogP contribution in [0.5, 0.6) is 0 Å². The third kappa shape index (κ3) is 4.86. The third-order valence-corrected chi connectivity index (χ3v) is 4.64. The van der Waals surface area contributed by atoms with Crippen LogP contribution in [0.2, 0.25) is 0 Å². The van der Waals surface area contributed by atoms with Crippen LogP contribution in [0.1, 0.15) is 21.5 Å². The number of carbonyl (C=O) groups excluding carboxylic acids is 2. The molecule has 0 N–H and O–H groups in total. The minimum Gasteiger partial charge on any atom is -0.465 e. The molecule has 0 aromatic heterocycles. The number of rotatable bonds is 6. The maximum Gasteiger partial charge on any atom is 0.337 e. The van der Waals surface area contributed by atoms with E-state index in [1.807, 2.05) is 54.6 Å². The molecule has 0 radical (unpaired) electrons. The van der Waals surface area contributed by atoms with Crippen molar-refractivity contribution in [3.63, 3.8) is 0 Å². The molecule has 0 bridgehead atoms. The van der Waals surface area contributed by atoms with Gasteiger partial charge in [-0.2, -0.15) is 0 Å². The minimum absolute atomic E-state index is 0.0458. The molecule has 3 aromatic rings. The molecule has 0 heterocycles.